The number of benzene rings is 1. The van der Waals surface area contributed by atoms with Crippen molar-refractivity contribution in [3.05, 3.63) is 63.8 Å². The van der Waals surface area contributed by atoms with Crippen LogP contribution < -0.4 is 5.56 Å². The van der Waals surface area contributed by atoms with Crippen LogP contribution in [0.3, 0.4) is 0 Å². The predicted octanol–water partition coefficient (Wildman–Crippen LogP) is 2.69. The summed E-state index contributed by atoms with van der Waals surface area (Å²) in [6.07, 6.45) is 1.14. The summed E-state index contributed by atoms with van der Waals surface area (Å²) < 4.78 is 28.9. The number of hydrogen-bond acceptors (Lipinski definition) is 3. The first-order valence-electron chi connectivity index (χ1n) is 5.56. The molecule has 0 aliphatic rings. The summed E-state index contributed by atoms with van der Waals surface area (Å²) in [4.78, 5) is 15.5. The van der Waals surface area contributed by atoms with Gasteiger partial charge in [0.25, 0.3) is 5.56 Å². The van der Waals surface area contributed by atoms with Gasteiger partial charge in [-0.05, 0) is 24.3 Å². The molecule has 7 heteroatoms. The molecular formula is C13H6ClF2N3O. The summed E-state index contributed by atoms with van der Waals surface area (Å²) >= 11 is 5.73. The molecular weight excluding hydrogens is 288 g/mol. The van der Waals surface area contributed by atoms with E-state index in [1.807, 2.05) is 0 Å². The number of halogens is 3. The molecule has 0 atom stereocenters. The van der Waals surface area contributed by atoms with E-state index in [1.165, 1.54) is 22.7 Å². The minimum atomic E-state index is -0.841. The Morgan fingerprint density at radius 2 is 1.75 bits per heavy atom. The standard InChI is InChI=1S/C13H6ClF2N3O/c14-10-5-4-9-12(13(20)17-6-19(9)18-10)11-7(15)2-1-3-8(11)16/h1-6H. The molecule has 4 nitrogen and oxygen atoms in total. The van der Waals surface area contributed by atoms with E-state index in [-0.39, 0.29) is 16.2 Å². The van der Waals surface area contributed by atoms with Crippen molar-refractivity contribution in [3.63, 3.8) is 0 Å². The monoisotopic (exact) mass is 293 g/mol. The van der Waals surface area contributed by atoms with Gasteiger partial charge in [0, 0.05) is 0 Å². The zero-order valence-electron chi connectivity index (χ0n) is 9.85. The van der Waals surface area contributed by atoms with E-state index in [1.54, 1.807) is 0 Å². The zero-order chi connectivity index (χ0) is 14.3. The normalized spacial score (nSPS) is 10.9. The highest BCUT2D eigenvalue weighted by atomic mass is 35.5. The van der Waals surface area contributed by atoms with Crippen LogP contribution in [-0.4, -0.2) is 14.6 Å². The van der Waals surface area contributed by atoms with E-state index in [0.29, 0.717) is 0 Å². The fourth-order valence-electron chi connectivity index (χ4n) is 1.95. The molecule has 3 aromatic rings. The Morgan fingerprint density at radius 3 is 2.45 bits per heavy atom. The summed E-state index contributed by atoms with van der Waals surface area (Å²) in [5.41, 5.74) is -1.13. The van der Waals surface area contributed by atoms with Crippen molar-refractivity contribution in [2.24, 2.45) is 0 Å². The summed E-state index contributed by atoms with van der Waals surface area (Å²) in [5.74, 6) is -1.68. The lowest BCUT2D eigenvalue weighted by molar-refractivity contribution is 0.589. The van der Waals surface area contributed by atoms with Gasteiger partial charge in [-0.25, -0.2) is 13.3 Å². The Bertz CT molecular complexity index is 859. The SMILES string of the molecule is O=c1ncn2nc(Cl)ccc2c1-c1c(F)cccc1F. The molecule has 0 spiro atoms. The fraction of sp³-hybridized carbons (Fsp3) is 0. The molecule has 0 unspecified atom stereocenters. The summed E-state index contributed by atoms with van der Waals surface area (Å²) in [7, 11) is 0. The number of aromatic nitrogens is 3. The van der Waals surface area contributed by atoms with Gasteiger partial charge in [-0.3, -0.25) is 4.79 Å². The second-order valence-electron chi connectivity index (χ2n) is 4.01. The van der Waals surface area contributed by atoms with Crippen LogP contribution in [0.5, 0.6) is 0 Å². The fourth-order valence-corrected chi connectivity index (χ4v) is 2.10. The van der Waals surface area contributed by atoms with Gasteiger partial charge in [0.2, 0.25) is 0 Å². The third kappa shape index (κ3) is 1.94. The van der Waals surface area contributed by atoms with Gasteiger partial charge >= 0.3 is 0 Å². The summed E-state index contributed by atoms with van der Waals surface area (Å²) in [6, 6.07) is 6.26. The Kier molecular flexibility index (Phi) is 2.94. The molecule has 0 aliphatic heterocycles. The third-order valence-corrected chi connectivity index (χ3v) is 3.00. The van der Waals surface area contributed by atoms with Gasteiger partial charge in [0.15, 0.2) is 0 Å². The largest absolute Gasteiger partial charge is 0.281 e. The van der Waals surface area contributed by atoms with Crippen LogP contribution in [0.4, 0.5) is 8.78 Å². The van der Waals surface area contributed by atoms with Crippen LogP contribution in [0.25, 0.3) is 16.6 Å². The highest BCUT2D eigenvalue weighted by Crippen LogP contribution is 2.26. The third-order valence-electron chi connectivity index (χ3n) is 2.80. The van der Waals surface area contributed by atoms with E-state index in [4.69, 9.17) is 11.6 Å². The first kappa shape index (κ1) is 12.7. The van der Waals surface area contributed by atoms with Crippen molar-refractivity contribution < 1.29 is 8.78 Å². The highest BCUT2D eigenvalue weighted by molar-refractivity contribution is 6.29. The average molecular weight is 294 g/mol. The summed E-state index contributed by atoms with van der Waals surface area (Å²) in [5, 5.41) is 4.07. The van der Waals surface area contributed by atoms with Gasteiger partial charge in [-0.1, -0.05) is 17.7 Å². The van der Waals surface area contributed by atoms with Crippen molar-refractivity contribution in [3.8, 4) is 11.1 Å². The molecule has 0 N–H and O–H groups in total. The molecule has 0 amide bonds. The molecule has 0 fully saturated rings. The highest BCUT2D eigenvalue weighted by Gasteiger charge is 2.18. The molecule has 2 heterocycles. The lowest BCUT2D eigenvalue weighted by Crippen LogP contribution is -2.14. The van der Waals surface area contributed by atoms with Crippen molar-refractivity contribution >= 4 is 17.1 Å². The van der Waals surface area contributed by atoms with Crippen molar-refractivity contribution in [2.45, 2.75) is 0 Å². The van der Waals surface area contributed by atoms with Gasteiger partial charge in [-0.15, -0.1) is 0 Å². The quantitative estimate of drug-likeness (QED) is 0.693. The van der Waals surface area contributed by atoms with E-state index in [9.17, 15) is 13.6 Å². The van der Waals surface area contributed by atoms with Gasteiger partial charge in [-0.2, -0.15) is 10.1 Å². The van der Waals surface area contributed by atoms with Gasteiger partial charge < -0.3 is 0 Å². The molecule has 3 rings (SSSR count). The van der Waals surface area contributed by atoms with Crippen LogP contribution in [0.1, 0.15) is 0 Å². The van der Waals surface area contributed by atoms with E-state index >= 15 is 0 Å². The number of rotatable bonds is 1. The molecule has 20 heavy (non-hydrogen) atoms. The van der Waals surface area contributed by atoms with Crippen LogP contribution in [-0.2, 0) is 0 Å². The van der Waals surface area contributed by atoms with E-state index in [2.05, 4.69) is 10.1 Å². The zero-order valence-corrected chi connectivity index (χ0v) is 10.6. The maximum atomic E-state index is 13.9. The molecule has 0 saturated heterocycles. The maximum absolute atomic E-state index is 13.9. The van der Waals surface area contributed by atoms with Crippen LogP contribution in [0, 0.1) is 11.6 Å². The van der Waals surface area contributed by atoms with Gasteiger partial charge in [0.05, 0.1) is 16.6 Å². The lowest BCUT2D eigenvalue weighted by atomic mass is 10.1. The van der Waals surface area contributed by atoms with Crippen LogP contribution in [0.15, 0.2) is 41.5 Å². The topological polar surface area (TPSA) is 47.3 Å². The Morgan fingerprint density at radius 1 is 1.05 bits per heavy atom. The van der Waals surface area contributed by atoms with Crippen molar-refractivity contribution in [1.29, 1.82) is 0 Å². The molecule has 0 saturated carbocycles. The number of fused-ring (bicyclic) bond motifs is 1. The molecule has 0 bridgehead atoms. The molecule has 100 valence electrons. The van der Waals surface area contributed by atoms with Crippen LogP contribution in [0.2, 0.25) is 5.15 Å². The second-order valence-corrected chi connectivity index (χ2v) is 4.39. The smallest absolute Gasteiger partial charge is 0.267 e. The molecule has 0 radical (unpaired) electrons. The van der Waals surface area contributed by atoms with Crippen molar-refractivity contribution in [2.75, 3.05) is 0 Å². The lowest BCUT2D eigenvalue weighted by Gasteiger charge is -2.08. The predicted molar refractivity (Wildman–Crippen MR) is 69.6 cm³/mol. The Labute approximate surface area is 116 Å². The minimum Gasteiger partial charge on any atom is -0.267 e. The number of hydrogen-bond donors (Lipinski definition) is 0. The number of nitrogens with zero attached hydrogens (tertiary/aromatic N) is 3. The Hall–Kier alpha value is -2.34. The van der Waals surface area contributed by atoms with Crippen LogP contribution >= 0.6 is 11.6 Å². The first-order valence-corrected chi connectivity index (χ1v) is 5.94. The first-order chi connectivity index (χ1) is 9.58. The second kappa shape index (κ2) is 4.64. The molecule has 2 aromatic heterocycles. The maximum Gasteiger partial charge on any atom is 0.281 e. The summed E-state index contributed by atoms with van der Waals surface area (Å²) in [6.45, 7) is 0. The van der Waals surface area contributed by atoms with Crippen molar-refractivity contribution in [1.82, 2.24) is 14.6 Å². The molecule has 0 aliphatic carbocycles. The molecule has 1 aromatic carbocycles. The minimum absolute atomic E-state index is 0.169. The Balaban J connectivity index is 2.47. The van der Waals surface area contributed by atoms with Gasteiger partial charge in [0.1, 0.15) is 23.1 Å². The van der Waals surface area contributed by atoms with E-state index < -0.39 is 22.8 Å². The van der Waals surface area contributed by atoms with E-state index in [0.717, 1.165) is 18.5 Å². The average Bonchev–Trinajstić information content (AvgIpc) is 2.41.